The van der Waals surface area contributed by atoms with Gasteiger partial charge in [-0.05, 0) is 30.7 Å². The topological polar surface area (TPSA) is 78.3 Å². The van der Waals surface area contributed by atoms with Crippen molar-refractivity contribution in [1.82, 2.24) is 20.1 Å². The number of rotatable bonds is 4. The Balaban J connectivity index is 1.38. The molecule has 1 N–H and O–H groups in total. The average Bonchev–Trinajstić information content (AvgIpc) is 3.16. The van der Waals surface area contributed by atoms with Crippen molar-refractivity contribution < 1.29 is 14.3 Å². The molecule has 0 spiro atoms. The van der Waals surface area contributed by atoms with Gasteiger partial charge in [-0.2, -0.15) is 0 Å². The summed E-state index contributed by atoms with van der Waals surface area (Å²) in [5, 5.41) is 7.06. The lowest BCUT2D eigenvalue weighted by Crippen LogP contribution is -2.41. The summed E-state index contributed by atoms with van der Waals surface area (Å²) in [5.74, 6) is 1.17. The molecule has 1 aliphatic rings. The second-order valence-corrected chi connectivity index (χ2v) is 6.01. The van der Waals surface area contributed by atoms with E-state index in [1.807, 2.05) is 55.5 Å². The maximum absolute atomic E-state index is 12.3. The molecule has 26 heavy (non-hydrogen) atoms. The van der Waals surface area contributed by atoms with Crippen LogP contribution in [0.1, 0.15) is 16.2 Å². The molecule has 1 aromatic heterocycles. The number of fused-ring (bicyclic) bond motifs is 1. The molecule has 0 bridgehead atoms. The molecule has 2 aromatic carbocycles. The Morgan fingerprint density at radius 2 is 1.96 bits per heavy atom. The second kappa shape index (κ2) is 6.87. The number of amides is 1. The standard InChI is InChI=1S/C19H18N4O3/c1-13-6-2-3-7-15(13)23-12-21-18(22-23)19(24)20-10-14-11-25-16-8-4-5-9-17(16)26-14/h2-9,12,14H,10-11H2,1H3,(H,20,24). The number of benzene rings is 2. The number of nitrogens with zero attached hydrogens (tertiary/aromatic N) is 3. The minimum atomic E-state index is -0.347. The first kappa shape index (κ1) is 16.1. The summed E-state index contributed by atoms with van der Waals surface area (Å²) in [7, 11) is 0. The van der Waals surface area contributed by atoms with Crippen LogP contribution in [0.4, 0.5) is 0 Å². The molecule has 3 aromatic rings. The number of carbonyl (C=O) groups excluding carboxylic acids is 1. The van der Waals surface area contributed by atoms with Crippen LogP contribution in [0.5, 0.6) is 11.5 Å². The van der Waals surface area contributed by atoms with Gasteiger partial charge < -0.3 is 14.8 Å². The molecule has 0 radical (unpaired) electrons. The highest BCUT2D eigenvalue weighted by Gasteiger charge is 2.22. The SMILES string of the molecule is Cc1ccccc1-n1cnc(C(=O)NCC2COc3ccccc3O2)n1. The highest BCUT2D eigenvalue weighted by molar-refractivity contribution is 5.90. The molecule has 7 nitrogen and oxygen atoms in total. The Labute approximate surface area is 150 Å². The monoisotopic (exact) mass is 350 g/mol. The van der Waals surface area contributed by atoms with E-state index < -0.39 is 0 Å². The fraction of sp³-hybridized carbons (Fsp3) is 0.211. The lowest BCUT2D eigenvalue weighted by Gasteiger charge is -2.26. The molecule has 132 valence electrons. The molecule has 1 atom stereocenters. The van der Waals surface area contributed by atoms with Gasteiger partial charge in [0.15, 0.2) is 11.5 Å². The summed E-state index contributed by atoms with van der Waals surface area (Å²) in [5.41, 5.74) is 1.94. The van der Waals surface area contributed by atoms with Crippen molar-refractivity contribution in [2.45, 2.75) is 13.0 Å². The fourth-order valence-corrected chi connectivity index (χ4v) is 2.75. The number of carbonyl (C=O) groups is 1. The van der Waals surface area contributed by atoms with Crippen LogP contribution in [0.25, 0.3) is 5.69 Å². The summed E-state index contributed by atoms with van der Waals surface area (Å²) < 4.78 is 13.1. The molecule has 0 saturated heterocycles. The number of para-hydroxylation sites is 3. The van der Waals surface area contributed by atoms with Crippen LogP contribution in [0.15, 0.2) is 54.9 Å². The molecular weight excluding hydrogens is 332 g/mol. The van der Waals surface area contributed by atoms with Gasteiger partial charge in [-0.25, -0.2) is 9.67 Å². The summed E-state index contributed by atoms with van der Waals surface area (Å²) in [6.07, 6.45) is 1.28. The predicted octanol–water partition coefficient (Wildman–Crippen LogP) is 2.15. The summed E-state index contributed by atoms with van der Waals surface area (Å²) in [6, 6.07) is 15.2. The van der Waals surface area contributed by atoms with Gasteiger partial charge in [-0.1, -0.05) is 30.3 Å². The molecule has 7 heteroatoms. The van der Waals surface area contributed by atoms with E-state index in [9.17, 15) is 4.79 Å². The van der Waals surface area contributed by atoms with Crippen LogP contribution in [-0.4, -0.2) is 39.9 Å². The molecular formula is C19H18N4O3. The van der Waals surface area contributed by atoms with Gasteiger partial charge in [0.05, 0.1) is 12.2 Å². The van der Waals surface area contributed by atoms with Gasteiger partial charge in [0.1, 0.15) is 19.0 Å². The van der Waals surface area contributed by atoms with Crippen molar-refractivity contribution in [3.63, 3.8) is 0 Å². The maximum Gasteiger partial charge on any atom is 0.291 e. The third kappa shape index (κ3) is 3.23. The average molecular weight is 350 g/mol. The summed E-state index contributed by atoms with van der Waals surface area (Å²) >= 11 is 0. The number of aryl methyl sites for hydroxylation is 1. The van der Waals surface area contributed by atoms with Gasteiger partial charge >= 0.3 is 0 Å². The molecule has 0 saturated carbocycles. The van der Waals surface area contributed by atoms with E-state index in [4.69, 9.17) is 9.47 Å². The van der Waals surface area contributed by atoms with Crippen LogP contribution < -0.4 is 14.8 Å². The van der Waals surface area contributed by atoms with Gasteiger partial charge in [0, 0.05) is 0 Å². The lowest BCUT2D eigenvalue weighted by molar-refractivity contribution is 0.0783. The summed E-state index contributed by atoms with van der Waals surface area (Å²) in [6.45, 7) is 2.67. The first-order valence-electron chi connectivity index (χ1n) is 8.35. The van der Waals surface area contributed by atoms with E-state index in [1.54, 1.807) is 4.68 Å². The van der Waals surface area contributed by atoms with Gasteiger partial charge in [0.25, 0.3) is 5.91 Å². The predicted molar refractivity (Wildman–Crippen MR) is 94.8 cm³/mol. The first-order chi connectivity index (χ1) is 12.7. The van der Waals surface area contributed by atoms with E-state index >= 15 is 0 Å². The fourth-order valence-electron chi connectivity index (χ4n) is 2.75. The van der Waals surface area contributed by atoms with Gasteiger partial charge in [-0.3, -0.25) is 4.79 Å². The molecule has 1 unspecified atom stereocenters. The minimum absolute atomic E-state index is 0.116. The van der Waals surface area contributed by atoms with Crippen LogP contribution in [0, 0.1) is 6.92 Å². The second-order valence-electron chi connectivity index (χ2n) is 6.01. The number of hydrogen-bond acceptors (Lipinski definition) is 5. The van der Waals surface area contributed by atoms with E-state index in [1.165, 1.54) is 6.33 Å². The highest BCUT2D eigenvalue weighted by atomic mass is 16.6. The zero-order valence-electron chi connectivity index (χ0n) is 14.3. The molecule has 4 rings (SSSR count). The Kier molecular flexibility index (Phi) is 4.27. The van der Waals surface area contributed by atoms with Crippen molar-refractivity contribution in [3.8, 4) is 17.2 Å². The van der Waals surface area contributed by atoms with Crippen molar-refractivity contribution in [1.29, 1.82) is 0 Å². The Hall–Kier alpha value is -3.35. The number of aromatic nitrogens is 3. The number of ether oxygens (including phenoxy) is 2. The largest absolute Gasteiger partial charge is 0.486 e. The van der Waals surface area contributed by atoms with Gasteiger partial charge in [-0.15, -0.1) is 5.10 Å². The van der Waals surface area contributed by atoms with Crippen molar-refractivity contribution in [2.75, 3.05) is 13.2 Å². The van der Waals surface area contributed by atoms with Crippen molar-refractivity contribution in [3.05, 3.63) is 66.2 Å². The molecule has 0 fully saturated rings. The molecule has 1 amide bonds. The van der Waals surface area contributed by atoms with E-state index in [2.05, 4.69) is 15.4 Å². The third-order valence-electron chi connectivity index (χ3n) is 4.12. The normalized spacial score (nSPS) is 15.5. The third-order valence-corrected chi connectivity index (χ3v) is 4.12. The first-order valence-corrected chi connectivity index (χ1v) is 8.35. The molecule has 2 heterocycles. The highest BCUT2D eigenvalue weighted by Crippen LogP contribution is 2.30. The quantitative estimate of drug-likeness (QED) is 0.780. The van der Waals surface area contributed by atoms with Crippen molar-refractivity contribution >= 4 is 5.91 Å². The zero-order valence-corrected chi connectivity index (χ0v) is 14.3. The Morgan fingerprint density at radius 3 is 2.81 bits per heavy atom. The van der Waals surface area contributed by atoms with E-state index in [0.717, 1.165) is 11.3 Å². The minimum Gasteiger partial charge on any atom is -0.486 e. The zero-order chi connectivity index (χ0) is 17.9. The summed E-state index contributed by atoms with van der Waals surface area (Å²) in [4.78, 5) is 16.4. The molecule has 1 aliphatic heterocycles. The van der Waals surface area contributed by atoms with Crippen LogP contribution in [0.3, 0.4) is 0 Å². The van der Waals surface area contributed by atoms with Crippen molar-refractivity contribution in [2.24, 2.45) is 0 Å². The van der Waals surface area contributed by atoms with Gasteiger partial charge in [0.2, 0.25) is 5.82 Å². The number of nitrogens with one attached hydrogen (secondary N) is 1. The van der Waals surface area contributed by atoms with E-state index in [-0.39, 0.29) is 17.8 Å². The Morgan fingerprint density at radius 1 is 1.19 bits per heavy atom. The lowest BCUT2D eigenvalue weighted by atomic mass is 10.2. The maximum atomic E-state index is 12.3. The van der Waals surface area contributed by atoms with Crippen LogP contribution in [0.2, 0.25) is 0 Å². The van der Waals surface area contributed by atoms with Crippen LogP contribution >= 0.6 is 0 Å². The number of hydrogen-bond donors (Lipinski definition) is 1. The molecule has 0 aliphatic carbocycles. The Bertz CT molecular complexity index is 938. The smallest absolute Gasteiger partial charge is 0.291 e. The van der Waals surface area contributed by atoms with E-state index in [0.29, 0.717) is 24.7 Å². The van der Waals surface area contributed by atoms with Crippen LogP contribution in [-0.2, 0) is 0 Å².